The van der Waals surface area contributed by atoms with Gasteiger partial charge < -0.3 is 10.2 Å². The van der Waals surface area contributed by atoms with Gasteiger partial charge in [0.2, 0.25) is 5.91 Å². The third kappa shape index (κ3) is 3.07. The number of piperidine rings is 1. The van der Waals surface area contributed by atoms with Crippen LogP contribution in [0.4, 0.5) is 0 Å². The smallest absolute Gasteiger partial charge is 0.223 e. The van der Waals surface area contributed by atoms with Crippen LogP contribution in [0.3, 0.4) is 0 Å². The minimum atomic E-state index is 0.234. The Labute approximate surface area is 125 Å². The number of aryl methyl sites for hydroxylation is 1. The monoisotopic (exact) mass is 292 g/mol. The highest BCUT2D eigenvalue weighted by atomic mass is 32.1. The number of hydrogen-bond donors (Lipinski definition) is 1. The summed E-state index contributed by atoms with van der Waals surface area (Å²) in [7, 11) is 0. The van der Waals surface area contributed by atoms with Crippen LogP contribution in [-0.4, -0.2) is 36.5 Å². The van der Waals surface area contributed by atoms with Crippen LogP contribution >= 0.6 is 11.3 Å². The maximum atomic E-state index is 12.3. The molecule has 20 heavy (non-hydrogen) atoms. The number of likely N-dealkylation sites (tertiary alicyclic amines) is 1. The van der Waals surface area contributed by atoms with E-state index < -0.39 is 0 Å². The standard InChI is InChI=1S/C16H24N2OS/c1-3-18-8-6-12(7-9-18)17-16(19)14-10-13(14)15-5-4-11(2)20-15/h4-5,12-14H,3,6-10H2,1-2H3,(H,17,19). The Kier molecular flexibility index (Phi) is 4.13. The fourth-order valence-electron chi connectivity index (χ4n) is 3.15. The largest absolute Gasteiger partial charge is 0.353 e. The molecule has 0 aromatic carbocycles. The van der Waals surface area contributed by atoms with Crippen molar-refractivity contribution in [3.63, 3.8) is 0 Å². The Hall–Kier alpha value is -0.870. The number of thiophene rings is 1. The number of rotatable bonds is 4. The molecule has 2 unspecified atom stereocenters. The zero-order valence-corrected chi connectivity index (χ0v) is 13.2. The Morgan fingerprint density at radius 3 is 2.75 bits per heavy atom. The van der Waals surface area contributed by atoms with Crippen molar-refractivity contribution >= 4 is 17.2 Å². The van der Waals surface area contributed by atoms with Crippen LogP contribution in [0.1, 0.15) is 41.9 Å². The van der Waals surface area contributed by atoms with Gasteiger partial charge in [-0.15, -0.1) is 11.3 Å². The molecule has 2 fully saturated rings. The summed E-state index contributed by atoms with van der Waals surface area (Å²) in [6, 6.07) is 4.75. The molecule has 4 heteroatoms. The average Bonchev–Trinajstić information content (AvgIpc) is 3.15. The van der Waals surface area contributed by atoms with Gasteiger partial charge in [0.05, 0.1) is 0 Å². The highest BCUT2D eigenvalue weighted by Gasteiger charge is 2.45. The van der Waals surface area contributed by atoms with Crippen LogP contribution in [0.5, 0.6) is 0 Å². The number of hydrogen-bond acceptors (Lipinski definition) is 3. The Bertz CT molecular complexity index is 477. The van der Waals surface area contributed by atoms with E-state index in [2.05, 4.69) is 36.2 Å². The molecule has 1 saturated heterocycles. The van der Waals surface area contributed by atoms with Crippen LogP contribution in [0, 0.1) is 12.8 Å². The molecule has 2 aliphatic rings. The quantitative estimate of drug-likeness (QED) is 0.925. The van der Waals surface area contributed by atoms with Crippen molar-refractivity contribution in [3.8, 4) is 0 Å². The second kappa shape index (κ2) is 5.86. The van der Waals surface area contributed by atoms with Crippen LogP contribution < -0.4 is 5.32 Å². The van der Waals surface area contributed by atoms with Crippen molar-refractivity contribution < 1.29 is 4.79 Å². The van der Waals surface area contributed by atoms with Gasteiger partial charge in [-0.2, -0.15) is 0 Å². The lowest BCUT2D eigenvalue weighted by Crippen LogP contribution is -2.45. The van der Waals surface area contributed by atoms with Crippen molar-refractivity contribution in [1.29, 1.82) is 0 Å². The van der Waals surface area contributed by atoms with Crippen molar-refractivity contribution in [1.82, 2.24) is 10.2 Å². The minimum Gasteiger partial charge on any atom is -0.353 e. The van der Waals surface area contributed by atoms with E-state index in [-0.39, 0.29) is 11.8 Å². The molecule has 3 nitrogen and oxygen atoms in total. The zero-order valence-electron chi connectivity index (χ0n) is 12.4. The van der Waals surface area contributed by atoms with E-state index in [0.29, 0.717) is 12.0 Å². The molecule has 1 N–H and O–H groups in total. The highest BCUT2D eigenvalue weighted by Crippen LogP contribution is 2.49. The van der Waals surface area contributed by atoms with Gasteiger partial charge in [0, 0.05) is 40.7 Å². The third-order valence-electron chi connectivity index (χ3n) is 4.63. The fourth-order valence-corrected chi connectivity index (χ4v) is 4.21. The molecular formula is C16H24N2OS. The lowest BCUT2D eigenvalue weighted by Gasteiger charge is -2.31. The average molecular weight is 292 g/mol. The van der Waals surface area contributed by atoms with E-state index in [0.717, 1.165) is 38.9 Å². The van der Waals surface area contributed by atoms with Crippen LogP contribution in [0.25, 0.3) is 0 Å². The first-order valence-electron chi connectivity index (χ1n) is 7.76. The summed E-state index contributed by atoms with van der Waals surface area (Å²) in [4.78, 5) is 17.5. The number of amides is 1. The van der Waals surface area contributed by atoms with Gasteiger partial charge in [-0.05, 0) is 44.9 Å². The summed E-state index contributed by atoms with van der Waals surface area (Å²) >= 11 is 1.84. The second-order valence-electron chi connectivity index (χ2n) is 6.11. The first-order valence-corrected chi connectivity index (χ1v) is 8.58. The summed E-state index contributed by atoms with van der Waals surface area (Å²) in [6.07, 6.45) is 3.25. The predicted molar refractivity (Wildman–Crippen MR) is 83.2 cm³/mol. The molecular weight excluding hydrogens is 268 g/mol. The second-order valence-corrected chi connectivity index (χ2v) is 7.43. The molecule has 110 valence electrons. The molecule has 2 atom stereocenters. The van der Waals surface area contributed by atoms with Gasteiger partial charge in [0.25, 0.3) is 0 Å². The van der Waals surface area contributed by atoms with E-state index in [1.54, 1.807) is 0 Å². The van der Waals surface area contributed by atoms with Gasteiger partial charge in [0.15, 0.2) is 0 Å². The Balaban J connectivity index is 1.47. The summed E-state index contributed by atoms with van der Waals surface area (Å²) < 4.78 is 0. The summed E-state index contributed by atoms with van der Waals surface area (Å²) in [6.45, 7) is 7.71. The summed E-state index contributed by atoms with van der Waals surface area (Å²) in [5.74, 6) is 1.01. The van der Waals surface area contributed by atoms with Crippen molar-refractivity contribution in [2.45, 2.75) is 45.1 Å². The highest BCUT2D eigenvalue weighted by molar-refractivity contribution is 7.12. The van der Waals surface area contributed by atoms with E-state index >= 15 is 0 Å². The first-order chi connectivity index (χ1) is 9.67. The molecule has 1 aliphatic heterocycles. The Morgan fingerprint density at radius 1 is 1.40 bits per heavy atom. The van der Waals surface area contributed by atoms with Crippen LogP contribution in [0.2, 0.25) is 0 Å². The van der Waals surface area contributed by atoms with E-state index in [1.807, 2.05) is 11.3 Å². The molecule has 1 aromatic rings. The van der Waals surface area contributed by atoms with Gasteiger partial charge in [-0.3, -0.25) is 4.79 Å². The van der Waals surface area contributed by atoms with Gasteiger partial charge in [0.1, 0.15) is 0 Å². The SMILES string of the molecule is CCN1CCC(NC(=O)C2CC2c2ccc(C)s2)CC1. The maximum Gasteiger partial charge on any atom is 0.223 e. The van der Waals surface area contributed by atoms with E-state index in [9.17, 15) is 4.79 Å². The number of nitrogens with one attached hydrogen (secondary N) is 1. The molecule has 0 bridgehead atoms. The normalized spacial score (nSPS) is 27.5. The number of carbonyl (C=O) groups is 1. The summed E-state index contributed by atoms with van der Waals surface area (Å²) in [5.41, 5.74) is 0. The van der Waals surface area contributed by atoms with Crippen LogP contribution in [-0.2, 0) is 4.79 Å². The lowest BCUT2D eigenvalue weighted by atomic mass is 10.0. The lowest BCUT2D eigenvalue weighted by molar-refractivity contribution is -0.123. The molecule has 1 amide bonds. The topological polar surface area (TPSA) is 32.3 Å². The fraction of sp³-hybridized carbons (Fsp3) is 0.688. The first kappa shape index (κ1) is 14.1. The van der Waals surface area contributed by atoms with E-state index in [1.165, 1.54) is 9.75 Å². The molecule has 3 rings (SSSR count). The zero-order chi connectivity index (χ0) is 14.1. The van der Waals surface area contributed by atoms with Crippen molar-refractivity contribution in [3.05, 3.63) is 21.9 Å². The van der Waals surface area contributed by atoms with Gasteiger partial charge in [-0.25, -0.2) is 0 Å². The number of nitrogens with zero attached hydrogens (tertiary/aromatic N) is 1. The minimum absolute atomic E-state index is 0.234. The number of carbonyl (C=O) groups excluding carboxylic acids is 1. The predicted octanol–water partition coefficient (Wildman–Crippen LogP) is 2.76. The molecule has 0 spiro atoms. The Morgan fingerprint density at radius 2 is 2.15 bits per heavy atom. The van der Waals surface area contributed by atoms with Crippen LogP contribution in [0.15, 0.2) is 12.1 Å². The van der Waals surface area contributed by atoms with Gasteiger partial charge >= 0.3 is 0 Å². The van der Waals surface area contributed by atoms with E-state index in [4.69, 9.17) is 0 Å². The van der Waals surface area contributed by atoms with Crippen molar-refractivity contribution in [2.24, 2.45) is 5.92 Å². The third-order valence-corrected chi connectivity index (χ3v) is 5.77. The molecule has 1 aliphatic carbocycles. The van der Waals surface area contributed by atoms with Crippen molar-refractivity contribution in [2.75, 3.05) is 19.6 Å². The molecule has 0 radical (unpaired) electrons. The molecule has 1 saturated carbocycles. The van der Waals surface area contributed by atoms with Gasteiger partial charge in [-0.1, -0.05) is 6.92 Å². The maximum absolute atomic E-state index is 12.3. The summed E-state index contributed by atoms with van der Waals surface area (Å²) in [5, 5.41) is 3.27. The molecule has 2 heterocycles. The molecule has 1 aromatic heterocycles.